The summed E-state index contributed by atoms with van der Waals surface area (Å²) in [7, 11) is 0. The summed E-state index contributed by atoms with van der Waals surface area (Å²) in [5.74, 6) is 2.14. The van der Waals surface area contributed by atoms with Crippen LogP contribution in [0.3, 0.4) is 0 Å². The van der Waals surface area contributed by atoms with Crippen LogP contribution in [0.1, 0.15) is 59.4 Å². The molecule has 0 saturated heterocycles. The summed E-state index contributed by atoms with van der Waals surface area (Å²) in [6, 6.07) is 64.4. The molecule has 4 heteroatoms. The fraction of sp³-hybridized carbons (Fsp3) is 0.0938. The molecule has 3 aliphatic carbocycles. The van der Waals surface area contributed by atoms with Crippen molar-refractivity contribution >= 4 is 89.2 Å². The van der Waals surface area contributed by atoms with Gasteiger partial charge >= 0.3 is 0 Å². The van der Waals surface area contributed by atoms with E-state index in [1.807, 2.05) is 0 Å². The van der Waals surface area contributed by atoms with Gasteiger partial charge < -0.3 is 18.6 Å². The Hall–Kier alpha value is -8.34. The first-order chi connectivity index (χ1) is 33.8. The monoisotopic (exact) mass is 874 g/mol. The summed E-state index contributed by atoms with van der Waals surface area (Å²) < 4.78 is 13.8. The Labute approximate surface area is 395 Å². The van der Waals surface area contributed by atoms with Gasteiger partial charge in [-0.05, 0) is 101 Å². The van der Waals surface area contributed by atoms with Gasteiger partial charge in [0.15, 0.2) is 5.58 Å². The molecule has 14 rings (SSSR count). The van der Waals surface area contributed by atoms with Gasteiger partial charge in [0.1, 0.15) is 17.1 Å². The maximum Gasteiger partial charge on any atom is 0.159 e. The fourth-order valence-corrected chi connectivity index (χ4v) is 11.7. The van der Waals surface area contributed by atoms with Crippen molar-refractivity contribution < 1.29 is 8.83 Å². The van der Waals surface area contributed by atoms with Crippen LogP contribution in [-0.4, -0.2) is 0 Å². The van der Waals surface area contributed by atoms with Crippen LogP contribution < -0.4 is 9.80 Å². The molecule has 2 atom stereocenters. The van der Waals surface area contributed by atoms with Crippen molar-refractivity contribution in [3.8, 4) is 11.1 Å². The van der Waals surface area contributed by atoms with Crippen LogP contribution in [0.25, 0.3) is 77.5 Å². The molecule has 2 aromatic heterocycles. The molecule has 68 heavy (non-hydrogen) atoms. The SMILES string of the molecule is C1=CCC(c2ccccc2)C(N(c2ccc3ccc4c(N(c5ccccc5-c5ccccc5)c5cccc6c7c(oc56)C=CCC7)ccc5ccc2c3c54)C2CC=Cc3c2oc2ccccc32)=C1. The van der Waals surface area contributed by atoms with Gasteiger partial charge in [-0.2, -0.15) is 0 Å². The van der Waals surface area contributed by atoms with Crippen molar-refractivity contribution in [3.63, 3.8) is 0 Å². The molecule has 4 nitrogen and oxygen atoms in total. The lowest BCUT2D eigenvalue weighted by Crippen LogP contribution is -2.32. The number of benzene rings is 9. The van der Waals surface area contributed by atoms with E-state index in [9.17, 15) is 0 Å². The summed E-state index contributed by atoms with van der Waals surface area (Å²) >= 11 is 0. The van der Waals surface area contributed by atoms with Gasteiger partial charge in [0.05, 0.1) is 23.1 Å². The molecule has 11 aromatic rings. The third kappa shape index (κ3) is 6.00. The van der Waals surface area contributed by atoms with Crippen LogP contribution in [0.4, 0.5) is 22.7 Å². The molecule has 0 N–H and O–H groups in total. The number of furan rings is 2. The first-order valence-corrected chi connectivity index (χ1v) is 24.0. The van der Waals surface area contributed by atoms with E-state index in [0.717, 1.165) is 81.9 Å². The zero-order valence-electron chi connectivity index (χ0n) is 37.5. The van der Waals surface area contributed by atoms with E-state index in [4.69, 9.17) is 8.83 Å². The van der Waals surface area contributed by atoms with Gasteiger partial charge in [-0.3, -0.25) is 0 Å². The number of allylic oxidation sites excluding steroid dienone is 5. The molecule has 9 aromatic carbocycles. The molecule has 2 unspecified atom stereocenters. The van der Waals surface area contributed by atoms with Gasteiger partial charge in [-0.15, -0.1) is 0 Å². The van der Waals surface area contributed by atoms with Crippen molar-refractivity contribution in [2.24, 2.45) is 0 Å². The second kappa shape index (κ2) is 15.6. The van der Waals surface area contributed by atoms with Gasteiger partial charge in [-0.25, -0.2) is 0 Å². The molecule has 0 radical (unpaired) electrons. The average molecular weight is 875 g/mol. The third-order valence-corrected chi connectivity index (χ3v) is 14.8. The number of aryl methyl sites for hydroxylation is 1. The molecular weight excluding hydrogens is 829 g/mol. The predicted molar refractivity (Wildman–Crippen MR) is 284 cm³/mol. The van der Waals surface area contributed by atoms with E-state index >= 15 is 0 Å². The Kier molecular flexibility index (Phi) is 8.94. The molecule has 0 fully saturated rings. The van der Waals surface area contributed by atoms with Crippen molar-refractivity contribution in [2.45, 2.75) is 37.6 Å². The number of para-hydroxylation sites is 3. The third-order valence-electron chi connectivity index (χ3n) is 14.8. The van der Waals surface area contributed by atoms with E-state index < -0.39 is 0 Å². The predicted octanol–water partition coefficient (Wildman–Crippen LogP) is 17.8. The quantitative estimate of drug-likeness (QED) is 0.142. The second-order valence-electron chi connectivity index (χ2n) is 18.5. The van der Waals surface area contributed by atoms with Crippen LogP contribution in [0, 0.1) is 0 Å². The van der Waals surface area contributed by atoms with Gasteiger partial charge in [0, 0.05) is 55.5 Å². The fourth-order valence-electron chi connectivity index (χ4n) is 11.7. The first-order valence-electron chi connectivity index (χ1n) is 24.0. The molecule has 0 spiro atoms. The molecule has 324 valence electrons. The Morgan fingerprint density at radius 2 is 1.21 bits per heavy atom. The molecule has 0 aliphatic heterocycles. The highest BCUT2D eigenvalue weighted by molar-refractivity contribution is 6.28. The average Bonchev–Trinajstić information content (AvgIpc) is 3.99. The van der Waals surface area contributed by atoms with Crippen LogP contribution in [0.5, 0.6) is 0 Å². The lowest BCUT2D eigenvalue weighted by Gasteiger charge is -2.40. The summed E-state index contributed by atoms with van der Waals surface area (Å²) in [5, 5.41) is 9.67. The molecule has 3 aliphatic rings. The normalized spacial score (nSPS) is 16.5. The lowest BCUT2D eigenvalue weighted by atomic mass is 9.85. The van der Waals surface area contributed by atoms with E-state index in [2.05, 4.69) is 228 Å². The second-order valence-corrected chi connectivity index (χ2v) is 18.5. The van der Waals surface area contributed by atoms with Crippen LogP contribution in [0.2, 0.25) is 0 Å². The highest BCUT2D eigenvalue weighted by Crippen LogP contribution is 2.52. The lowest BCUT2D eigenvalue weighted by molar-refractivity contribution is 0.476. The van der Waals surface area contributed by atoms with Gasteiger partial charge in [0.2, 0.25) is 0 Å². The van der Waals surface area contributed by atoms with Crippen LogP contribution in [0.15, 0.2) is 221 Å². The molecule has 0 amide bonds. The number of hydrogen-bond donors (Lipinski definition) is 0. The zero-order chi connectivity index (χ0) is 44.7. The smallest absolute Gasteiger partial charge is 0.159 e. The number of hydrogen-bond acceptors (Lipinski definition) is 4. The largest absolute Gasteiger partial charge is 0.458 e. The van der Waals surface area contributed by atoms with Crippen molar-refractivity contribution in [3.05, 3.63) is 240 Å². The molecule has 0 bridgehead atoms. The van der Waals surface area contributed by atoms with Crippen molar-refractivity contribution in [2.75, 3.05) is 9.80 Å². The molecule has 0 saturated carbocycles. The summed E-state index contributed by atoms with van der Waals surface area (Å²) in [5.41, 5.74) is 13.6. The zero-order valence-corrected chi connectivity index (χ0v) is 37.5. The number of anilines is 4. The minimum absolute atomic E-state index is 0.0696. The maximum atomic E-state index is 6.93. The van der Waals surface area contributed by atoms with Crippen LogP contribution >= 0.6 is 0 Å². The van der Waals surface area contributed by atoms with Gasteiger partial charge in [0.25, 0.3) is 0 Å². The number of rotatable bonds is 8. The Bertz CT molecular complexity index is 3890. The van der Waals surface area contributed by atoms with Crippen LogP contribution in [-0.2, 0) is 6.42 Å². The van der Waals surface area contributed by atoms with E-state index in [0.29, 0.717) is 0 Å². The maximum absolute atomic E-state index is 6.93. The van der Waals surface area contributed by atoms with Crippen molar-refractivity contribution in [1.82, 2.24) is 0 Å². The molecular formula is C64H46N2O2. The standard InChI is InChI=1S/C64H46N2O2/c1-3-17-41(18-4-1)45-21-7-11-27-53(45)65(57-29-15-25-49-47-23-9-13-31-59(47)67-63(49)57)55-39-35-43-34-38-52-56(40-36-44-33-37-51(55)61(43)62(44)52)66(54-28-12-8-22-46(54)42-19-5-2-6-20-42)58-30-16-26-50-48-24-10-14-32-60(48)68-64(50)58/h1-9,11-20,22-23,25-28,30-40,45,57H,10,21,24,29H2. The van der Waals surface area contributed by atoms with E-state index in [-0.39, 0.29) is 12.0 Å². The van der Waals surface area contributed by atoms with Gasteiger partial charge in [-0.1, -0.05) is 176 Å². The summed E-state index contributed by atoms with van der Waals surface area (Å²) in [4.78, 5) is 5.10. The Morgan fingerprint density at radius 1 is 0.500 bits per heavy atom. The minimum atomic E-state index is -0.0696. The topological polar surface area (TPSA) is 32.8 Å². The van der Waals surface area contributed by atoms with Crippen molar-refractivity contribution in [1.29, 1.82) is 0 Å². The summed E-state index contributed by atoms with van der Waals surface area (Å²) in [6.07, 6.45) is 19.6. The first kappa shape index (κ1) is 38.9. The highest BCUT2D eigenvalue weighted by atomic mass is 16.3. The minimum Gasteiger partial charge on any atom is -0.458 e. The molecule has 2 heterocycles. The Morgan fingerprint density at radius 3 is 2.06 bits per heavy atom. The number of nitrogens with zero attached hydrogens (tertiary/aromatic N) is 2. The van der Waals surface area contributed by atoms with E-state index in [1.54, 1.807) is 0 Å². The highest BCUT2D eigenvalue weighted by Gasteiger charge is 2.36. The Balaban J connectivity index is 1.03. The number of fused-ring (bicyclic) bond motifs is 6. The van der Waals surface area contributed by atoms with E-state index in [1.165, 1.54) is 65.8 Å². The summed E-state index contributed by atoms with van der Waals surface area (Å²) in [6.45, 7) is 0.